The highest BCUT2D eigenvalue weighted by atomic mass is 32.1. The zero-order valence-corrected chi connectivity index (χ0v) is 13.4. The van der Waals surface area contributed by atoms with Gasteiger partial charge >= 0.3 is 0 Å². The van der Waals surface area contributed by atoms with E-state index >= 15 is 0 Å². The molecule has 1 heterocycles. The summed E-state index contributed by atoms with van der Waals surface area (Å²) < 4.78 is 5.23. The number of ether oxygens (including phenoxy) is 1. The van der Waals surface area contributed by atoms with E-state index < -0.39 is 0 Å². The molecular weight excluding hydrogens is 278 g/mol. The molecule has 0 radical (unpaired) electrons. The Morgan fingerprint density at radius 3 is 2.48 bits per heavy atom. The zero-order chi connectivity index (χ0) is 14.7. The van der Waals surface area contributed by atoms with E-state index in [-0.39, 0.29) is 6.04 Å². The molecule has 0 aliphatic heterocycles. The molecule has 3 rings (SSSR count). The van der Waals surface area contributed by atoms with Gasteiger partial charge in [-0.3, -0.25) is 0 Å². The van der Waals surface area contributed by atoms with Gasteiger partial charge in [-0.15, -0.1) is 11.3 Å². The Bertz CT molecular complexity index is 569. The van der Waals surface area contributed by atoms with Crippen LogP contribution in [0.25, 0.3) is 0 Å². The summed E-state index contributed by atoms with van der Waals surface area (Å²) in [5, 5.41) is 2.01. The fraction of sp³-hybridized carbons (Fsp3) is 0.444. The van der Waals surface area contributed by atoms with Gasteiger partial charge in [-0.2, -0.15) is 0 Å². The number of methoxy groups -OCH3 is 1. The molecule has 112 valence electrons. The van der Waals surface area contributed by atoms with Crippen LogP contribution in [0.15, 0.2) is 35.7 Å². The molecular formula is C18H23NOS. The molecule has 3 heteroatoms. The van der Waals surface area contributed by atoms with Crippen LogP contribution in [-0.2, 0) is 0 Å². The first-order valence-electron chi connectivity index (χ1n) is 7.76. The normalized spacial score (nSPS) is 17.6. The Labute approximate surface area is 130 Å². The SMILES string of the molecule is COc1csc(C(N)c2ccc(C3CCCCC3)cc2)c1. The number of thiophene rings is 1. The highest BCUT2D eigenvalue weighted by Crippen LogP contribution is 2.34. The second-order valence-corrected chi connectivity index (χ2v) is 6.81. The first-order chi connectivity index (χ1) is 10.3. The van der Waals surface area contributed by atoms with Crippen molar-refractivity contribution in [2.45, 2.75) is 44.1 Å². The van der Waals surface area contributed by atoms with Gasteiger partial charge in [0, 0.05) is 10.3 Å². The number of rotatable bonds is 4. The quantitative estimate of drug-likeness (QED) is 0.876. The standard InChI is InChI=1S/C18H23NOS/c1-20-16-11-17(21-12-16)18(19)15-9-7-14(8-10-15)13-5-3-2-4-6-13/h7-13,18H,2-6,19H2,1H3. The molecule has 2 aromatic rings. The van der Waals surface area contributed by atoms with Crippen molar-refractivity contribution in [3.8, 4) is 5.75 Å². The molecule has 1 fully saturated rings. The molecule has 0 bridgehead atoms. The molecule has 1 saturated carbocycles. The molecule has 0 amide bonds. The van der Waals surface area contributed by atoms with Crippen molar-refractivity contribution in [3.63, 3.8) is 0 Å². The van der Waals surface area contributed by atoms with Gasteiger partial charge in [0.05, 0.1) is 13.2 Å². The van der Waals surface area contributed by atoms with Gasteiger partial charge in [-0.05, 0) is 36.0 Å². The van der Waals surface area contributed by atoms with Crippen molar-refractivity contribution < 1.29 is 4.74 Å². The Morgan fingerprint density at radius 2 is 1.86 bits per heavy atom. The third-order valence-electron chi connectivity index (χ3n) is 4.51. The van der Waals surface area contributed by atoms with E-state index in [1.807, 2.05) is 11.4 Å². The second kappa shape index (κ2) is 6.63. The lowest BCUT2D eigenvalue weighted by Crippen LogP contribution is -2.11. The highest BCUT2D eigenvalue weighted by molar-refractivity contribution is 7.10. The van der Waals surface area contributed by atoms with E-state index in [0.29, 0.717) is 0 Å². The monoisotopic (exact) mass is 301 g/mol. The minimum absolute atomic E-state index is 0.0562. The third kappa shape index (κ3) is 3.30. The maximum absolute atomic E-state index is 6.37. The van der Waals surface area contributed by atoms with Crippen molar-refractivity contribution in [1.29, 1.82) is 0 Å². The van der Waals surface area contributed by atoms with Crippen molar-refractivity contribution in [2.24, 2.45) is 5.73 Å². The largest absolute Gasteiger partial charge is 0.496 e. The molecule has 0 spiro atoms. The summed E-state index contributed by atoms with van der Waals surface area (Å²) in [6.07, 6.45) is 6.84. The number of hydrogen-bond acceptors (Lipinski definition) is 3. The van der Waals surface area contributed by atoms with E-state index in [1.54, 1.807) is 18.4 Å². The molecule has 1 unspecified atom stereocenters. The van der Waals surface area contributed by atoms with Crippen LogP contribution in [0, 0.1) is 0 Å². The predicted octanol–water partition coefficient (Wildman–Crippen LogP) is 4.85. The molecule has 2 nitrogen and oxygen atoms in total. The summed E-state index contributed by atoms with van der Waals surface area (Å²) >= 11 is 1.66. The lowest BCUT2D eigenvalue weighted by Gasteiger charge is -2.22. The molecule has 1 aliphatic rings. The minimum Gasteiger partial charge on any atom is -0.496 e. The fourth-order valence-corrected chi connectivity index (χ4v) is 4.06. The van der Waals surface area contributed by atoms with Gasteiger partial charge in [0.15, 0.2) is 0 Å². The summed E-state index contributed by atoms with van der Waals surface area (Å²) in [6.45, 7) is 0. The predicted molar refractivity (Wildman–Crippen MR) is 89.2 cm³/mol. The molecule has 0 saturated heterocycles. The molecule has 1 aliphatic carbocycles. The van der Waals surface area contributed by atoms with Crippen molar-refractivity contribution in [3.05, 3.63) is 51.7 Å². The summed E-state index contributed by atoms with van der Waals surface area (Å²) in [5.74, 6) is 1.65. The summed E-state index contributed by atoms with van der Waals surface area (Å²) in [4.78, 5) is 1.15. The lowest BCUT2D eigenvalue weighted by atomic mass is 9.83. The summed E-state index contributed by atoms with van der Waals surface area (Å²) in [7, 11) is 1.69. The van der Waals surface area contributed by atoms with E-state index in [2.05, 4.69) is 24.3 Å². The second-order valence-electron chi connectivity index (χ2n) is 5.87. The Kier molecular flexibility index (Phi) is 4.61. The average molecular weight is 301 g/mol. The maximum atomic E-state index is 6.37. The van der Waals surface area contributed by atoms with Gasteiger partial charge in [0.25, 0.3) is 0 Å². The number of hydrogen-bond donors (Lipinski definition) is 1. The van der Waals surface area contributed by atoms with Gasteiger partial charge in [0.1, 0.15) is 5.75 Å². The van der Waals surface area contributed by atoms with E-state index in [1.165, 1.54) is 43.2 Å². The van der Waals surface area contributed by atoms with Crippen LogP contribution in [0.3, 0.4) is 0 Å². The smallest absolute Gasteiger partial charge is 0.129 e. The van der Waals surface area contributed by atoms with Crippen LogP contribution < -0.4 is 10.5 Å². The van der Waals surface area contributed by atoms with Crippen LogP contribution in [0.1, 0.15) is 60.1 Å². The minimum atomic E-state index is -0.0562. The third-order valence-corrected chi connectivity index (χ3v) is 5.50. The molecule has 1 atom stereocenters. The van der Waals surface area contributed by atoms with Crippen LogP contribution in [0.4, 0.5) is 0 Å². The fourth-order valence-electron chi connectivity index (χ4n) is 3.18. The highest BCUT2D eigenvalue weighted by Gasteiger charge is 2.16. The van der Waals surface area contributed by atoms with Gasteiger partial charge in [0.2, 0.25) is 0 Å². The molecule has 2 N–H and O–H groups in total. The van der Waals surface area contributed by atoms with Crippen LogP contribution in [0.5, 0.6) is 5.75 Å². The van der Waals surface area contributed by atoms with Crippen LogP contribution in [-0.4, -0.2) is 7.11 Å². The Hall–Kier alpha value is -1.32. The van der Waals surface area contributed by atoms with E-state index in [0.717, 1.165) is 16.5 Å². The maximum Gasteiger partial charge on any atom is 0.129 e. The summed E-state index contributed by atoms with van der Waals surface area (Å²) in [5.41, 5.74) is 9.03. The van der Waals surface area contributed by atoms with Gasteiger partial charge in [-0.1, -0.05) is 43.5 Å². The first-order valence-corrected chi connectivity index (χ1v) is 8.64. The van der Waals surface area contributed by atoms with Crippen molar-refractivity contribution >= 4 is 11.3 Å². The van der Waals surface area contributed by atoms with Crippen LogP contribution in [0.2, 0.25) is 0 Å². The number of nitrogens with two attached hydrogens (primary N) is 1. The van der Waals surface area contributed by atoms with Gasteiger partial charge in [-0.25, -0.2) is 0 Å². The zero-order valence-electron chi connectivity index (χ0n) is 12.5. The number of benzene rings is 1. The van der Waals surface area contributed by atoms with Crippen LogP contribution >= 0.6 is 11.3 Å². The van der Waals surface area contributed by atoms with Crippen molar-refractivity contribution in [2.75, 3.05) is 7.11 Å². The van der Waals surface area contributed by atoms with E-state index in [4.69, 9.17) is 10.5 Å². The Balaban J connectivity index is 1.73. The van der Waals surface area contributed by atoms with E-state index in [9.17, 15) is 0 Å². The Morgan fingerprint density at radius 1 is 1.14 bits per heavy atom. The first kappa shape index (κ1) is 14.6. The topological polar surface area (TPSA) is 35.2 Å². The average Bonchev–Trinajstić information content (AvgIpc) is 3.04. The van der Waals surface area contributed by atoms with Crippen molar-refractivity contribution in [1.82, 2.24) is 0 Å². The summed E-state index contributed by atoms with van der Waals surface area (Å²) in [6, 6.07) is 10.9. The molecule has 1 aromatic heterocycles. The molecule has 1 aromatic carbocycles. The lowest BCUT2D eigenvalue weighted by molar-refractivity contribution is 0.416. The molecule has 21 heavy (non-hydrogen) atoms. The van der Waals surface area contributed by atoms with Gasteiger partial charge < -0.3 is 10.5 Å².